The first kappa shape index (κ1) is 11.9. The summed E-state index contributed by atoms with van der Waals surface area (Å²) in [6.45, 7) is 0. The van der Waals surface area contributed by atoms with Crippen molar-refractivity contribution in [1.82, 2.24) is 4.98 Å². The van der Waals surface area contributed by atoms with Gasteiger partial charge in [-0.2, -0.15) is 0 Å². The van der Waals surface area contributed by atoms with Crippen molar-refractivity contribution in [3.8, 4) is 0 Å². The van der Waals surface area contributed by atoms with Gasteiger partial charge in [-0.3, -0.25) is 0 Å². The lowest BCUT2D eigenvalue weighted by molar-refractivity contribution is 0.147. The van der Waals surface area contributed by atoms with Crippen molar-refractivity contribution in [2.75, 3.05) is 11.5 Å². The Bertz CT molecular complexity index is 491. The molecule has 1 aromatic rings. The summed E-state index contributed by atoms with van der Waals surface area (Å²) in [5.41, 5.74) is 9.30. The Kier molecular flexibility index (Phi) is 3.00. The molecule has 0 radical (unpaired) electrons. The molecule has 15 heavy (non-hydrogen) atoms. The number of halogens is 3. The third-order valence-corrected chi connectivity index (χ3v) is 2.77. The van der Waals surface area contributed by atoms with Crippen LogP contribution in [0.2, 0.25) is 0 Å². The molecule has 5 nitrogen and oxygen atoms in total. The summed E-state index contributed by atoms with van der Waals surface area (Å²) >= 11 is 0. The monoisotopic (exact) mass is 257 g/mol. The summed E-state index contributed by atoms with van der Waals surface area (Å²) in [5, 5.41) is -0.967. The van der Waals surface area contributed by atoms with Crippen molar-refractivity contribution < 1.29 is 17.2 Å². The second-order valence-electron chi connectivity index (χ2n) is 2.60. The second kappa shape index (κ2) is 3.78. The van der Waals surface area contributed by atoms with Gasteiger partial charge in [0.25, 0.3) is 15.5 Å². The van der Waals surface area contributed by atoms with Crippen LogP contribution in [0.25, 0.3) is 0 Å². The van der Waals surface area contributed by atoms with Gasteiger partial charge < -0.3 is 11.5 Å². The maximum Gasteiger partial charge on any atom is 0.279 e. The molecule has 0 amide bonds. The molecule has 0 aliphatic rings. The first-order valence-electron chi connectivity index (χ1n) is 3.52. The van der Waals surface area contributed by atoms with E-state index in [2.05, 4.69) is 4.98 Å². The van der Waals surface area contributed by atoms with Crippen molar-refractivity contribution in [2.45, 2.75) is 11.5 Å². The maximum atomic E-state index is 12.4. The van der Waals surface area contributed by atoms with Gasteiger partial charge >= 0.3 is 0 Å². The zero-order valence-electron chi connectivity index (χ0n) is 7.12. The molecule has 84 valence electrons. The molecule has 1 heterocycles. The number of hydrogen-bond donors (Lipinski definition) is 2. The van der Waals surface area contributed by atoms with Crippen molar-refractivity contribution in [3.05, 3.63) is 11.6 Å². The molecule has 0 aromatic carbocycles. The minimum Gasteiger partial charge on any atom is -0.396 e. The van der Waals surface area contributed by atoms with E-state index in [1.54, 1.807) is 0 Å². The van der Waals surface area contributed by atoms with Crippen molar-refractivity contribution >= 4 is 31.2 Å². The number of hydrogen-bond acceptors (Lipinski definition) is 5. The molecule has 0 atom stereocenters. The number of aromatic nitrogens is 1. The van der Waals surface area contributed by atoms with Crippen LogP contribution in [0.3, 0.4) is 0 Å². The maximum absolute atomic E-state index is 12.4. The van der Waals surface area contributed by atoms with Crippen molar-refractivity contribution in [3.63, 3.8) is 0 Å². The fourth-order valence-electron chi connectivity index (χ4n) is 0.893. The number of nitrogen functional groups attached to an aromatic ring is 2. The summed E-state index contributed by atoms with van der Waals surface area (Å²) in [4.78, 5) is 3.22. The van der Waals surface area contributed by atoms with E-state index in [-0.39, 0.29) is 11.5 Å². The average molecular weight is 258 g/mol. The number of anilines is 2. The smallest absolute Gasteiger partial charge is 0.279 e. The molecule has 9 heteroatoms. The zero-order chi connectivity index (χ0) is 11.8. The van der Waals surface area contributed by atoms with Crippen LogP contribution in [-0.4, -0.2) is 13.4 Å². The lowest BCUT2D eigenvalue weighted by Crippen LogP contribution is -2.07. The molecular weight excluding hydrogens is 252 g/mol. The molecule has 0 unspecified atom stereocenters. The van der Waals surface area contributed by atoms with Crippen LogP contribution in [0.1, 0.15) is 12.0 Å². The van der Waals surface area contributed by atoms with Gasteiger partial charge in [0.05, 0.1) is 11.3 Å². The van der Waals surface area contributed by atoms with Gasteiger partial charge in [-0.25, -0.2) is 22.2 Å². The van der Waals surface area contributed by atoms with E-state index in [0.717, 1.165) is 6.07 Å². The Morgan fingerprint density at radius 3 is 2.33 bits per heavy atom. The quantitative estimate of drug-likeness (QED) is 0.773. The minimum atomic E-state index is -4.37. The lowest BCUT2D eigenvalue weighted by Gasteiger charge is -2.07. The summed E-state index contributed by atoms with van der Waals surface area (Å²) < 4.78 is 46.6. The molecule has 0 aliphatic heterocycles. The summed E-state index contributed by atoms with van der Waals surface area (Å²) in [6, 6.07) is 0.738. The highest BCUT2D eigenvalue weighted by atomic mass is 35.7. The van der Waals surface area contributed by atoms with Crippen LogP contribution in [-0.2, 0) is 9.05 Å². The Morgan fingerprint density at radius 2 is 1.93 bits per heavy atom. The highest BCUT2D eigenvalue weighted by molar-refractivity contribution is 8.13. The second-order valence-corrected chi connectivity index (χ2v) is 5.08. The lowest BCUT2D eigenvalue weighted by atomic mass is 10.2. The predicted molar refractivity (Wildman–Crippen MR) is 51.1 cm³/mol. The molecule has 0 aliphatic carbocycles. The van der Waals surface area contributed by atoms with E-state index in [1.807, 2.05) is 0 Å². The van der Waals surface area contributed by atoms with E-state index in [4.69, 9.17) is 22.1 Å². The molecule has 0 bridgehead atoms. The van der Waals surface area contributed by atoms with E-state index in [1.165, 1.54) is 0 Å². The van der Waals surface area contributed by atoms with Gasteiger partial charge in [-0.1, -0.05) is 0 Å². The van der Waals surface area contributed by atoms with Crippen LogP contribution in [0.4, 0.5) is 20.3 Å². The third kappa shape index (κ3) is 2.45. The summed E-state index contributed by atoms with van der Waals surface area (Å²) in [7, 11) is 0.540. The topological polar surface area (TPSA) is 99.1 Å². The Morgan fingerprint density at radius 1 is 1.40 bits per heavy atom. The van der Waals surface area contributed by atoms with Gasteiger partial charge in [0.2, 0.25) is 0 Å². The average Bonchev–Trinajstić information content (AvgIpc) is 2.06. The largest absolute Gasteiger partial charge is 0.396 e. The number of nitrogens with zero attached hydrogens (tertiary/aromatic N) is 1. The number of nitrogens with two attached hydrogens (primary N) is 2. The fraction of sp³-hybridized carbons (Fsp3) is 0.167. The van der Waals surface area contributed by atoms with Crippen LogP contribution in [0, 0.1) is 0 Å². The molecule has 0 fully saturated rings. The Hall–Kier alpha value is -1.15. The molecule has 0 spiro atoms. The van der Waals surface area contributed by atoms with E-state index < -0.39 is 26.1 Å². The molecule has 0 saturated heterocycles. The SMILES string of the molecule is Nc1cc(C(F)F)c(S(=O)(=O)Cl)nc1N. The van der Waals surface area contributed by atoms with E-state index in [9.17, 15) is 17.2 Å². The van der Waals surface area contributed by atoms with E-state index >= 15 is 0 Å². The van der Waals surface area contributed by atoms with Gasteiger partial charge in [0.15, 0.2) is 5.03 Å². The third-order valence-electron chi connectivity index (χ3n) is 1.54. The normalized spacial score (nSPS) is 12.0. The highest BCUT2D eigenvalue weighted by Gasteiger charge is 2.25. The number of pyridine rings is 1. The summed E-state index contributed by atoms with van der Waals surface area (Å²) in [6.07, 6.45) is -3.05. The van der Waals surface area contributed by atoms with Crippen molar-refractivity contribution in [1.29, 1.82) is 0 Å². The van der Waals surface area contributed by atoms with Gasteiger partial charge in [0.1, 0.15) is 5.82 Å². The molecule has 1 rings (SSSR count). The standard InChI is InChI=1S/C6H6ClF2N3O2S/c7-15(13,14)6-2(4(8)9)1-3(10)5(11)12-6/h1,4H,10H2,(H2,11,12). The van der Waals surface area contributed by atoms with Crippen LogP contribution >= 0.6 is 10.7 Å². The predicted octanol–water partition coefficient (Wildman–Crippen LogP) is 1.11. The first-order valence-corrected chi connectivity index (χ1v) is 5.83. The fourth-order valence-corrected chi connectivity index (χ4v) is 1.90. The number of rotatable bonds is 2. The first-order chi connectivity index (χ1) is 6.73. The van der Waals surface area contributed by atoms with Crippen LogP contribution in [0.5, 0.6) is 0 Å². The molecular formula is C6H6ClF2N3O2S. The van der Waals surface area contributed by atoms with E-state index in [0.29, 0.717) is 0 Å². The highest BCUT2D eigenvalue weighted by Crippen LogP contribution is 2.30. The van der Waals surface area contributed by atoms with Crippen LogP contribution in [0.15, 0.2) is 11.1 Å². The molecule has 1 aromatic heterocycles. The minimum absolute atomic E-state index is 0.227. The Labute approximate surface area is 88.5 Å². The number of alkyl halides is 2. The van der Waals surface area contributed by atoms with Crippen molar-refractivity contribution in [2.24, 2.45) is 0 Å². The van der Waals surface area contributed by atoms with Crippen LogP contribution < -0.4 is 11.5 Å². The van der Waals surface area contributed by atoms with Gasteiger partial charge in [0, 0.05) is 10.7 Å². The Balaban J connectivity index is 3.56. The molecule has 0 saturated carbocycles. The summed E-state index contributed by atoms with van der Waals surface area (Å²) in [5.74, 6) is -0.362. The van der Waals surface area contributed by atoms with Gasteiger partial charge in [-0.15, -0.1) is 0 Å². The van der Waals surface area contributed by atoms with Gasteiger partial charge in [-0.05, 0) is 6.07 Å². The zero-order valence-corrected chi connectivity index (χ0v) is 8.69. The molecule has 4 N–H and O–H groups in total.